The van der Waals surface area contributed by atoms with E-state index in [0.717, 1.165) is 5.56 Å². The highest BCUT2D eigenvalue weighted by atomic mass is 79.9. The van der Waals surface area contributed by atoms with Gasteiger partial charge in [0.15, 0.2) is 5.65 Å². The molecule has 108 valence electrons. The number of hydrogen-bond donors (Lipinski definition) is 4. The first-order valence-corrected chi connectivity index (χ1v) is 6.78. The number of nitrogens with two attached hydrogens (primary N) is 1. The minimum atomic E-state index is -0.363. The summed E-state index contributed by atoms with van der Waals surface area (Å²) in [6.45, 7) is 1.86. The van der Waals surface area contributed by atoms with Crippen LogP contribution in [0.15, 0.2) is 22.8 Å². The maximum Gasteiger partial charge on any atom is 0.241 e. The van der Waals surface area contributed by atoms with Gasteiger partial charge in [0, 0.05) is 5.69 Å². The number of aromatic nitrogens is 4. The van der Waals surface area contributed by atoms with E-state index in [1.807, 2.05) is 6.92 Å². The fourth-order valence-corrected chi connectivity index (χ4v) is 2.36. The Kier molecular flexibility index (Phi) is 3.43. The minimum absolute atomic E-state index is 0.226. The second-order valence-corrected chi connectivity index (χ2v) is 5.23. The van der Waals surface area contributed by atoms with Crippen LogP contribution in [0.1, 0.15) is 5.56 Å². The van der Waals surface area contributed by atoms with Crippen LogP contribution in [-0.4, -0.2) is 20.2 Å². The number of hydrogen-bond acceptors (Lipinski definition) is 6. The monoisotopic (exact) mass is 351 g/mol. The first kappa shape index (κ1) is 13.7. The van der Waals surface area contributed by atoms with E-state index in [-0.39, 0.29) is 11.8 Å². The van der Waals surface area contributed by atoms with Crippen molar-refractivity contribution in [3.05, 3.63) is 34.2 Å². The standard InChI is InChI=1S/C12H11BrFN7/c1-5-2-7(13)8(14)3-9(5)17-10-6-4-16-21-11(6)19-12(18-10)20-15/h2-4H,15H2,1H3,(H3,16,17,18,19,20,21). The Labute approximate surface area is 127 Å². The first-order chi connectivity index (χ1) is 10.1. The second kappa shape index (κ2) is 5.26. The number of aryl methyl sites for hydroxylation is 1. The van der Waals surface area contributed by atoms with E-state index < -0.39 is 0 Å². The number of H-pyrrole nitrogens is 1. The molecule has 0 aliphatic heterocycles. The molecule has 2 aromatic heterocycles. The molecule has 9 heteroatoms. The number of nitrogens with one attached hydrogen (secondary N) is 3. The van der Waals surface area contributed by atoms with Gasteiger partial charge < -0.3 is 5.32 Å². The number of benzene rings is 1. The van der Waals surface area contributed by atoms with Crippen LogP contribution < -0.4 is 16.6 Å². The molecule has 0 aliphatic rings. The fraction of sp³-hybridized carbons (Fsp3) is 0.0833. The maximum atomic E-state index is 13.7. The lowest BCUT2D eigenvalue weighted by Crippen LogP contribution is -2.11. The van der Waals surface area contributed by atoms with E-state index in [9.17, 15) is 4.39 Å². The van der Waals surface area contributed by atoms with Crippen molar-refractivity contribution in [1.29, 1.82) is 0 Å². The van der Waals surface area contributed by atoms with Crippen LogP contribution in [0, 0.1) is 12.7 Å². The SMILES string of the molecule is Cc1cc(Br)c(F)cc1Nc1nc(NN)nc2[nH]ncc12. The van der Waals surface area contributed by atoms with Gasteiger partial charge in [0.1, 0.15) is 11.6 Å². The Bertz CT molecular complexity index is 817. The van der Waals surface area contributed by atoms with E-state index in [0.29, 0.717) is 27.0 Å². The molecule has 0 amide bonds. The normalized spacial score (nSPS) is 10.9. The molecule has 0 saturated heterocycles. The number of nitrogen functional groups attached to an aromatic ring is 1. The van der Waals surface area contributed by atoms with Gasteiger partial charge in [-0.2, -0.15) is 15.1 Å². The third-order valence-corrected chi connectivity index (χ3v) is 3.57. The van der Waals surface area contributed by atoms with E-state index in [2.05, 4.69) is 46.8 Å². The Balaban J connectivity index is 2.09. The number of fused-ring (bicyclic) bond motifs is 1. The summed E-state index contributed by atoms with van der Waals surface area (Å²) in [5.74, 6) is 5.68. The minimum Gasteiger partial charge on any atom is -0.339 e. The lowest BCUT2D eigenvalue weighted by Gasteiger charge is -2.11. The van der Waals surface area contributed by atoms with Gasteiger partial charge in [0.05, 0.1) is 16.1 Å². The summed E-state index contributed by atoms with van der Waals surface area (Å²) in [6.07, 6.45) is 1.59. The zero-order chi connectivity index (χ0) is 15.0. The Hall–Kier alpha value is -2.26. The van der Waals surface area contributed by atoms with Crippen LogP contribution in [0.4, 0.5) is 21.8 Å². The number of anilines is 3. The first-order valence-electron chi connectivity index (χ1n) is 5.99. The Morgan fingerprint density at radius 3 is 2.90 bits per heavy atom. The van der Waals surface area contributed by atoms with Crippen LogP contribution in [0.2, 0.25) is 0 Å². The summed E-state index contributed by atoms with van der Waals surface area (Å²) in [5, 5.41) is 10.4. The molecular formula is C12H11BrFN7. The molecule has 0 spiro atoms. The summed E-state index contributed by atoms with van der Waals surface area (Å²) in [6, 6.07) is 3.08. The smallest absolute Gasteiger partial charge is 0.241 e. The highest BCUT2D eigenvalue weighted by molar-refractivity contribution is 9.10. The number of nitrogens with zero attached hydrogens (tertiary/aromatic N) is 3. The lowest BCUT2D eigenvalue weighted by atomic mass is 10.2. The molecule has 0 aliphatic carbocycles. The molecule has 5 N–H and O–H groups in total. The summed E-state index contributed by atoms with van der Waals surface area (Å²) in [7, 11) is 0. The van der Waals surface area contributed by atoms with Gasteiger partial charge in [-0.05, 0) is 40.5 Å². The predicted molar refractivity (Wildman–Crippen MR) is 81.6 cm³/mol. The molecule has 3 rings (SSSR count). The van der Waals surface area contributed by atoms with Gasteiger partial charge in [-0.3, -0.25) is 10.5 Å². The number of halogens is 2. The number of aromatic amines is 1. The molecule has 0 saturated carbocycles. The largest absolute Gasteiger partial charge is 0.339 e. The number of rotatable bonds is 3. The molecule has 3 aromatic rings. The molecular weight excluding hydrogens is 341 g/mol. The predicted octanol–water partition coefficient (Wildman–Crippen LogP) is 2.59. The second-order valence-electron chi connectivity index (χ2n) is 4.38. The Morgan fingerprint density at radius 2 is 2.14 bits per heavy atom. The molecule has 0 unspecified atom stereocenters. The summed E-state index contributed by atoms with van der Waals surface area (Å²) < 4.78 is 14.1. The van der Waals surface area contributed by atoms with Crippen LogP contribution in [-0.2, 0) is 0 Å². The van der Waals surface area contributed by atoms with Gasteiger partial charge >= 0.3 is 0 Å². The van der Waals surface area contributed by atoms with E-state index in [1.165, 1.54) is 6.07 Å². The highest BCUT2D eigenvalue weighted by Crippen LogP contribution is 2.28. The van der Waals surface area contributed by atoms with Gasteiger partial charge in [0.2, 0.25) is 5.95 Å². The molecule has 0 bridgehead atoms. The third kappa shape index (κ3) is 2.52. The Morgan fingerprint density at radius 1 is 1.33 bits per heavy atom. The topological polar surface area (TPSA) is 105 Å². The fourth-order valence-electron chi connectivity index (χ4n) is 1.90. The molecule has 7 nitrogen and oxygen atoms in total. The van der Waals surface area contributed by atoms with Crippen molar-refractivity contribution in [3.8, 4) is 0 Å². The molecule has 0 atom stereocenters. The van der Waals surface area contributed by atoms with Crippen molar-refractivity contribution in [2.45, 2.75) is 6.92 Å². The molecule has 0 fully saturated rings. The van der Waals surface area contributed by atoms with Crippen molar-refractivity contribution in [3.63, 3.8) is 0 Å². The quantitative estimate of drug-likeness (QED) is 0.427. The van der Waals surface area contributed by atoms with Crippen LogP contribution in [0.5, 0.6) is 0 Å². The van der Waals surface area contributed by atoms with Crippen LogP contribution >= 0.6 is 15.9 Å². The summed E-state index contributed by atoms with van der Waals surface area (Å²) in [4.78, 5) is 8.35. The van der Waals surface area contributed by atoms with Gasteiger partial charge in [-0.25, -0.2) is 10.2 Å². The van der Waals surface area contributed by atoms with Gasteiger partial charge in [-0.1, -0.05) is 0 Å². The summed E-state index contributed by atoms with van der Waals surface area (Å²) >= 11 is 3.15. The van der Waals surface area contributed by atoms with E-state index in [4.69, 9.17) is 5.84 Å². The third-order valence-electron chi connectivity index (χ3n) is 2.96. The van der Waals surface area contributed by atoms with Crippen LogP contribution in [0.3, 0.4) is 0 Å². The molecule has 2 heterocycles. The van der Waals surface area contributed by atoms with E-state index >= 15 is 0 Å². The lowest BCUT2D eigenvalue weighted by molar-refractivity contribution is 0.621. The highest BCUT2D eigenvalue weighted by Gasteiger charge is 2.12. The van der Waals surface area contributed by atoms with Crippen molar-refractivity contribution < 1.29 is 4.39 Å². The zero-order valence-electron chi connectivity index (χ0n) is 10.9. The van der Waals surface area contributed by atoms with Crippen molar-refractivity contribution >= 4 is 44.4 Å². The van der Waals surface area contributed by atoms with Crippen molar-refractivity contribution in [2.75, 3.05) is 10.7 Å². The average molecular weight is 352 g/mol. The van der Waals surface area contributed by atoms with Crippen molar-refractivity contribution in [1.82, 2.24) is 20.2 Å². The van der Waals surface area contributed by atoms with Crippen molar-refractivity contribution in [2.24, 2.45) is 5.84 Å². The summed E-state index contributed by atoms with van der Waals surface area (Å²) in [5.41, 5.74) is 4.36. The number of hydrazine groups is 1. The average Bonchev–Trinajstić information content (AvgIpc) is 2.93. The van der Waals surface area contributed by atoms with Gasteiger partial charge in [0.25, 0.3) is 0 Å². The maximum absolute atomic E-state index is 13.7. The molecule has 0 radical (unpaired) electrons. The zero-order valence-corrected chi connectivity index (χ0v) is 12.5. The molecule has 21 heavy (non-hydrogen) atoms. The molecule has 1 aromatic carbocycles. The van der Waals surface area contributed by atoms with Crippen LogP contribution in [0.25, 0.3) is 11.0 Å². The van der Waals surface area contributed by atoms with Gasteiger partial charge in [-0.15, -0.1) is 0 Å². The van der Waals surface area contributed by atoms with E-state index in [1.54, 1.807) is 12.3 Å².